The second-order valence-corrected chi connectivity index (χ2v) is 3.26. The van der Waals surface area contributed by atoms with E-state index in [1.165, 1.54) is 17.1 Å². The maximum absolute atomic E-state index is 11.2. The van der Waals surface area contributed by atoms with Crippen molar-refractivity contribution in [2.45, 2.75) is 13.0 Å². The number of hydrogen-bond donors (Lipinski definition) is 2. The van der Waals surface area contributed by atoms with Crippen molar-refractivity contribution >= 4 is 17.6 Å². The van der Waals surface area contributed by atoms with Gasteiger partial charge in [-0.05, 0) is 9.91 Å². The Labute approximate surface area is 101 Å². The number of carbonyl (C=O) groups excluding carboxylic acids is 2. The van der Waals surface area contributed by atoms with Crippen LogP contribution in [-0.4, -0.2) is 32.9 Å². The first-order valence-electron chi connectivity index (χ1n) is 4.84. The fourth-order valence-corrected chi connectivity index (χ4v) is 1.03. The zero-order valence-corrected chi connectivity index (χ0v) is 9.24. The van der Waals surface area contributed by atoms with E-state index in [2.05, 4.69) is 9.82 Å². The van der Waals surface area contributed by atoms with Crippen molar-refractivity contribution in [3.05, 3.63) is 22.6 Å². The summed E-state index contributed by atoms with van der Waals surface area (Å²) < 4.78 is 1.39. The van der Waals surface area contributed by atoms with E-state index in [0.717, 1.165) is 0 Å². The highest BCUT2D eigenvalue weighted by Gasteiger charge is 2.10. The van der Waals surface area contributed by atoms with E-state index >= 15 is 0 Å². The summed E-state index contributed by atoms with van der Waals surface area (Å²) in [4.78, 5) is 39.2. The molecule has 2 amide bonds. The molecule has 0 saturated carbocycles. The van der Waals surface area contributed by atoms with E-state index in [4.69, 9.17) is 5.73 Å². The molecule has 18 heavy (non-hydrogen) atoms. The highest BCUT2D eigenvalue weighted by Crippen LogP contribution is 2.05. The molecule has 1 aromatic heterocycles. The third kappa shape index (κ3) is 4.57. The summed E-state index contributed by atoms with van der Waals surface area (Å²) in [5, 5.41) is 10.3. The van der Waals surface area contributed by atoms with Crippen molar-refractivity contribution in [2.75, 3.05) is 6.61 Å². The fraction of sp³-hybridized carbons (Fsp3) is 0.375. The minimum Gasteiger partial charge on any atom is -0.368 e. The fourth-order valence-electron chi connectivity index (χ4n) is 1.03. The Bertz CT molecular complexity index is 456. The standard InChI is InChI=1S/C8H11N5O5/c9-6(14)4-18-11-8(15)1-2-12-3-7(10-5-12)13(16)17/h3,5H,1-2,4H2,(H2,9,14)(H,11,15). The molecule has 0 unspecified atom stereocenters. The topological polar surface area (TPSA) is 142 Å². The third-order valence-electron chi connectivity index (χ3n) is 1.80. The quantitative estimate of drug-likeness (QED) is 0.459. The number of hydrogen-bond acceptors (Lipinski definition) is 6. The number of nitro groups is 1. The Morgan fingerprint density at radius 1 is 1.61 bits per heavy atom. The van der Waals surface area contributed by atoms with Crippen molar-refractivity contribution in [1.29, 1.82) is 0 Å². The van der Waals surface area contributed by atoms with Crippen LogP contribution in [0.5, 0.6) is 0 Å². The summed E-state index contributed by atoms with van der Waals surface area (Å²) in [7, 11) is 0. The molecule has 1 heterocycles. The summed E-state index contributed by atoms with van der Waals surface area (Å²) in [5.41, 5.74) is 6.79. The zero-order chi connectivity index (χ0) is 13.5. The molecule has 3 N–H and O–H groups in total. The van der Waals surface area contributed by atoms with E-state index in [0.29, 0.717) is 0 Å². The summed E-state index contributed by atoms with van der Waals surface area (Å²) in [6.07, 6.45) is 2.47. The van der Waals surface area contributed by atoms with Gasteiger partial charge in [0.25, 0.3) is 0 Å². The number of amides is 2. The van der Waals surface area contributed by atoms with Crippen molar-refractivity contribution in [1.82, 2.24) is 15.0 Å². The number of nitrogens with one attached hydrogen (secondary N) is 1. The molecule has 0 atom stereocenters. The largest absolute Gasteiger partial charge is 0.381 e. The Morgan fingerprint density at radius 3 is 2.89 bits per heavy atom. The maximum Gasteiger partial charge on any atom is 0.381 e. The number of aryl methyl sites for hydroxylation is 1. The van der Waals surface area contributed by atoms with Crippen molar-refractivity contribution in [3.8, 4) is 0 Å². The minimum absolute atomic E-state index is 0.0201. The number of nitrogens with two attached hydrogens (primary N) is 1. The smallest absolute Gasteiger partial charge is 0.368 e. The molecule has 1 aromatic rings. The molecule has 0 aliphatic rings. The minimum atomic E-state index is -0.708. The maximum atomic E-state index is 11.2. The van der Waals surface area contributed by atoms with Gasteiger partial charge in [0.15, 0.2) is 6.61 Å². The van der Waals surface area contributed by atoms with E-state index < -0.39 is 23.3 Å². The lowest BCUT2D eigenvalue weighted by Gasteiger charge is -2.03. The molecule has 0 aliphatic heterocycles. The van der Waals surface area contributed by atoms with Crippen LogP contribution in [-0.2, 0) is 21.0 Å². The third-order valence-corrected chi connectivity index (χ3v) is 1.80. The van der Waals surface area contributed by atoms with Crippen LogP contribution >= 0.6 is 0 Å². The van der Waals surface area contributed by atoms with E-state index in [-0.39, 0.29) is 18.8 Å². The lowest BCUT2D eigenvalue weighted by atomic mass is 10.4. The van der Waals surface area contributed by atoms with Crippen LogP contribution in [0.3, 0.4) is 0 Å². The van der Waals surface area contributed by atoms with Gasteiger partial charge in [-0.1, -0.05) is 0 Å². The predicted octanol–water partition coefficient (Wildman–Crippen LogP) is -1.29. The summed E-state index contributed by atoms with van der Waals surface area (Å²) in [6.45, 7) is -0.213. The van der Waals surface area contributed by atoms with E-state index in [1.807, 2.05) is 5.48 Å². The van der Waals surface area contributed by atoms with Gasteiger partial charge in [-0.3, -0.25) is 14.4 Å². The number of rotatable bonds is 7. The van der Waals surface area contributed by atoms with Gasteiger partial charge in [0.2, 0.25) is 18.1 Å². The Kier molecular flexibility index (Phi) is 4.75. The molecular formula is C8H11N5O5. The number of hydroxylamine groups is 1. The van der Waals surface area contributed by atoms with Crippen LogP contribution in [0.1, 0.15) is 6.42 Å². The van der Waals surface area contributed by atoms with Crippen LogP contribution < -0.4 is 11.2 Å². The summed E-state index contributed by atoms with van der Waals surface area (Å²) in [6, 6.07) is 0. The van der Waals surface area contributed by atoms with Crippen LogP contribution in [0, 0.1) is 10.1 Å². The molecule has 98 valence electrons. The van der Waals surface area contributed by atoms with Gasteiger partial charge in [-0.25, -0.2) is 5.48 Å². The van der Waals surface area contributed by atoms with Gasteiger partial charge >= 0.3 is 5.82 Å². The Balaban J connectivity index is 2.29. The average Bonchev–Trinajstić information content (AvgIpc) is 2.74. The van der Waals surface area contributed by atoms with Crippen LogP contribution in [0.15, 0.2) is 12.5 Å². The van der Waals surface area contributed by atoms with E-state index in [1.54, 1.807) is 0 Å². The van der Waals surface area contributed by atoms with Crippen LogP contribution in [0.25, 0.3) is 0 Å². The molecule has 0 bridgehead atoms. The molecule has 0 radical (unpaired) electrons. The van der Waals surface area contributed by atoms with Crippen molar-refractivity contribution in [3.63, 3.8) is 0 Å². The van der Waals surface area contributed by atoms with Gasteiger partial charge in [-0.15, -0.1) is 0 Å². The van der Waals surface area contributed by atoms with E-state index in [9.17, 15) is 19.7 Å². The second kappa shape index (κ2) is 6.30. The number of carbonyl (C=O) groups is 2. The molecule has 0 aliphatic carbocycles. The SMILES string of the molecule is NC(=O)CONC(=O)CCn1cnc([N+](=O)[O-])c1. The molecule has 10 heteroatoms. The molecule has 0 spiro atoms. The number of primary amides is 1. The monoisotopic (exact) mass is 257 g/mol. The van der Waals surface area contributed by atoms with Crippen LogP contribution in [0.4, 0.5) is 5.82 Å². The lowest BCUT2D eigenvalue weighted by molar-refractivity contribution is -0.389. The first-order valence-corrected chi connectivity index (χ1v) is 4.84. The first kappa shape index (κ1) is 13.6. The molecule has 0 saturated heterocycles. The average molecular weight is 257 g/mol. The highest BCUT2D eigenvalue weighted by molar-refractivity contribution is 5.76. The van der Waals surface area contributed by atoms with Crippen molar-refractivity contribution < 1.29 is 19.3 Å². The number of imidazole rings is 1. The number of nitrogens with zero attached hydrogens (tertiary/aromatic N) is 3. The molecule has 0 aromatic carbocycles. The number of aromatic nitrogens is 2. The zero-order valence-electron chi connectivity index (χ0n) is 9.24. The van der Waals surface area contributed by atoms with Gasteiger partial charge < -0.3 is 20.4 Å². The highest BCUT2D eigenvalue weighted by atomic mass is 16.7. The molecule has 1 rings (SSSR count). The lowest BCUT2D eigenvalue weighted by Crippen LogP contribution is -2.29. The van der Waals surface area contributed by atoms with Crippen LogP contribution in [0.2, 0.25) is 0 Å². The summed E-state index contributed by atoms with van der Waals surface area (Å²) in [5.74, 6) is -1.48. The van der Waals surface area contributed by atoms with Crippen molar-refractivity contribution in [2.24, 2.45) is 5.73 Å². The van der Waals surface area contributed by atoms with Gasteiger partial charge in [-0.2, -0.15) is 0 Å². The summed E-state index contributed by atoms with van der Waals surface area (Å²) >= 11 is 0. The normalized spacial score (nSPS) is 10.0. The predicted molar refractivity (Wildman–Crippen MR) is 56.8 cm³/mol. The van der Waals surface area contributed by atoms with Gasteiger partial charge in [0, 0.05) is 13.0 Å². The Morgan fingerprint density at radius 2 is 2.33 bits per heavy atom. The first-order chi connectivity index (χ1) is 8.49. The second-order valence-electron chi connectivity index (χ2n) is 3.26. The molecule has 10 nitrogen and oxygen atoms in total. The molecular weight excluding hydrogens is 246 g/mol. The Hall–Kier alpha value is -2.49. The van der Waals surface area contributed by atoms with Gasteiger partial charge in [0.05, 0.1) is 0 Å². The van der Waals surface area contributed by atoms with Gasteiger partial charge in [0.1, 0.15) is 6.20 Å². The molecule has 0 fully saturated rings.